The Balaban J connectivity index is 2.10. The van der Waals surface area contributed by atoms with E-state index in [-0.39, 0.29) is 18.2 Å². The molecule has 1 aliphatic carbocycles. The first-order valence-electron chi connectivity index (χ1n) is 8.78. The molecule has 1 aliphatic rings. The lowest BCUT2D eigenvalue weighted by Gasteiger charge is -2.30. The van der Waals surface area contributed by atoms with Gasteiger partial charge in [0.15, 0.2) is 0 Å². The molecule has 8 nitrogen and oxygen atoms in total. The molecule has 0 bridgehead atoms. The van der Waals surface area contributed by atoms with E-state index in [2.05, 4.69) is 20.6 Å². The standard InChI is InChI=1S/C17H29N5O3/c1-4-25-12-7-5-11(6-8-12)20-15-13(14(18)24)9-19-16(21-15)22-17(2,3)10-23/h9,11-12,23H,4-8,10H2,1-3H3,(H2,18,24)(H2,19,20,21,22)/t11-,12-. The molecular weight excluding hydrogens is 322 g/mol. The van der Waals surface area contributed by atoms with Crippen molar-refractivity contribution < 1.29 is 14.6 Å². The molecule has 140 valence electrons. The van der Waals surface area contributed by atoms with Crippen molar-refractivity contribution in [2.24, 2.45) is 5.73 Å². The van der Waals surface area contributed by atoms with E-state index < -0.39 is 11.4 Å². The predicted octanol–water partition coefficient (Wildman–Crippen LogP) is 1.52. The number of amides is 1. The normalized spacial score (nSPS) is 21.0. The molecule has 1 amide bonds. The van der Waals surface area contributed by atoms with Crippen molar-refractivity contribution in [3.63, 3.8) is 0 Å². The number of anilines is 2. The van der Waals surface area contributed by atoms with Gasteiger partial charge in [0, 0.05) is 18.8 Å². The van der Waals surface area contributed by atoms with E-state index in [0.29, 0.717) is 17.9 Å². The third-order valence-corrected chi connectivity index (χ3v) is 4.32. The fraction of sp³-hybridized carbons (Fsp3) is 0.706. The van der Waals surface area contributed by atoms with E-state index in [1.165, 1.54) is 6.20 Å². The number of primary amides is 1. The van der Waals surface area contributed by atoms with Gasteiger partial charge in [-0.2, -0.15) is 4.98 Å². The number of nitrogens with two attached hydrogens (primary N) is 1. The van der Waals surface area contributed by atoms with Crippen LogP contribution in [0.25, 0.3) is 0 Å². The highest BCUT2D eigenvalue weighted by Crippen LogP contribution is 2.25. The van der Waals surface area contributed by atoms with Crippen LogP contribution in [0.15, 0.2) is 6.20 Å². The molecule has 0 aromatic carbocycles. The zero-order chi connectivity index (χ0) is 18.4. The maximum Gasteiger partial charge on any atom is 0.254 e. The van der Waals surface area contributed by atoms with Gasteiger partial charge in [0.25, 0.3) is 5.91 Å². The third kappa shape index (κ3) is 5.54. The summed E-state index contributed by atoms with van der Waals surface area (Å²) in [5.41, 5.74) is 5.14. The number of nitrogens with zero attached hydrogens (tertiary/aromatic N) is 2. The minimum Gasteiger partial charge on any atom is -0.394 e. The largest absolute Gasteiger partial charge is 0.394 e. The van der Waals surface area contributed by atoms with E-state index in [1.807, 2.05) is 20.8 Å². The summed E-state index contributed by atoms with van der Waals surface area (Å²) in [6.45, 7) is 6.34. The molecule has 2 rings (SSSR count). The predicted molar refractivity (Wildman–Crippen MR) is 96.6 cm³/mol. The van der Waals surface area contributed by atoms with Crippen molar-refractivity contribution in [1.29, 1.82) is 0 Å². The average molecular weight is 351 g/mol. The van der Waals surface area contributed by atoms with Crippen LogP contribution in [0.1, 0.15) is 56.8 Å². The molecule has 1 aromatic rings. The van der Waals surface area contributed by atoms with Crippen molar-refractivity contribution >= 4 is 17.7 Å². The van der Waals surface area contributed by atoms with Crippen molar-refractivity contribution in [2.75, 3.05) is 23.8 Å². The van der Waals surface area contributed by atoms with E-state index >= 15 is 0 Å². The summed E-state index contributed by atoms with van der Waals surface area (Å²) in [6, 6.07) is 0.211. The molecule has 25 heavy (non-hydrogen) atoms. The summed E-state index contributed by atoms with van der Waals surface area (Å²) < 4.78 is 5.67. The number of aliphatic hydroxyl groups excluding tert-OH is 1. The van der Waals surface area contributed by atoms with Crippen LogP contribution >= 0.6 is 0 Å². The van der Waals surface area contributed by atoms with Gasteiger partial charge in [0.2, 0.25) is 5.95 Å². The summed E-state index contributed by atoms with van der Waals surface area (Å²) >= 11 is 0. The van der Waals surface area contributed by atoms with Crippen LogP contribution in [0.5, 0.6) is 0 Å². The smallest absolute Gasteiger partial charge is 0.254 e. The number of nitrogens with one attached hydrogen (secondary N) is 2. The molecule has 8 heteroatoms. The molecule has 1 fully saturated rings. The summed E-state index contributed by atoms with van der Waals surface area (Å²) in [7, 11) is 0. The lowest BCUT2D eigenvalue weighted by atomic mass is 9.93. The molecule has 0 saturated heterocycles. The number of aliphatic hydroxyl groups is 1. The highest BCUT2D eigenvalue weighted by Gasteiger charge is 2.24. The number of rotatable bonds is 8. The molecule has 0 radical (unpaired) electrons. The molecule has 1 heterocycles. The van der Waals surface area contributed by atoms with Gasteiger partial charge in [-0.1, -0.05) is 0 Å². The van der Waals surface area contributed by atoms with Crippen molar-refractivity contribution in [2.45, 2.75) is 64.1 Å². The van der Waals surface area contributed by atoms with Crippen LogP contribution in [0.3, 0.4) is 0 Å². The van der Waals surface area contributed by atoms with Gasteiger partial charge in [-0.05, 0) is 46.5 Å². The van der Waals surface area contributed by atoms with E-state index in [4.69, 9.17) is 10.5 Å². The van der Waals surface area contributed by atoms with Crippen LogP contribution in [0, 0.1) is 0 Å². The summed E-state index contributed by atoms with van der Waals surface area (Å²) in [5.74, 6) is 0.201. The maximum absolute atomic E-state index is 11.7. The second-order valence-electron chi connectivity index (χ2n) is 7.06. The van der Waals surface area contributed by atoms with Crippen LogP contribution < -0.4 is 16.4 Å². The van der Waals surface area contributed by atoms with Crippen molar-refractivity contribution in [1.82, 2.24) is 9.97 Å². The lowest BCUT2D eigenvalue weighted by molar-refractivity contribution is 0.0346. The molecular formula is C17H29N5O3. The lowest BCUT2D eigenvalue weighted by Crippen LogP contribution is -2.36. The van der Waals surface area contributed by atoms with Gasteiger partial charge in [0.1, 0.15) is 5.82 Å². The third-order valence-electron chi connectivity index (χ3n) is 4.32. The number of ether oxygens (including phenoxy) is 1. The van der Waals surface area contributed by atoms with Crippen molar-refractivity contribution in [3.8, 4) is 0 Å². The highest BCUT2D eigenvalue weighted by atomic mass is 16.5. The molecule has 0 aliphatic heterocycles. The van der Waals surface area contributed by atoms with Gasteiger partial charge in [-0.3, -0.25) is 4.79 Å². The second kappa shape index (κ2) is 8.44. The zero-order valence-corrected chi connectivity index (χ0v) is 15.2. The Labute approximate surface area is 148 Å². The van der Waals surface area contributed by atoms with Crippen LogP contribution in [0.2, 0.25) is 0 Å². The summed E-state index contributed by atoms with van der Waals surface area (Å²) in [6.07, 6.45) is 5.57. The quantitative estimate of drug-likeness (QED) is 0.560. The molecule has 0 spiro atoms. The Morgan fingerprint density at radius 2 is 2.08 bits per heavy atom. The topological polar surface area (TPSA) is 122 Å². The fourth-order valence-corrected chi connectivity index (χ4v) is 2.88. The maximum atomic E-state index is 11.7. The second-order valence-corrected chi connectivity index (χ2v) is 7.06. The average Bonchev–Trinajstić information content (AvgIpc) is 2.56. The van der Waals surface area contributed by atoms with Gasteiger partial charge < -0.3 is 26.2 Å². The van der Waals surface area contributed by atoms with E-state index in [0.717, 1.165) is 32.3 Å². The molecule has 1 saturated carbocycles. The van der Waals surface area contributed by atoms with Crippen LogP contribution in [0.4, 0.5) is 11.8 Å². The van der Waals surface area contributed by atoms with Gasteiger partial charge in [-0.25, -0.2) is 4.98 Å². The first-order valence-corrected chi connectivity index (χ1v) is 8.78. The number of hydrogen-bond acceptors (Lipinski definition) is 7. The molecule has 1 aromatic heterocycles. The monoisotopic (exact) mass is 351 g/mol. The number of aromatic nitrogens is 2. The zero-order valence-electron chi connectivity index (χ0n) is 15.2. The van der Waals surface area contributed by atoms with Crippen LogP contribution in [-0.2, 0) is 4.74 Å². The molecule has 0 unspecified atom stereocenters. The molecule has 5 N–H and O–H groups in total. The minimum absolute atomic E-state index is 0.0713. The Kier molecular flexibility index (Phi) is 6.55. The Bertz CT molecular complexity index is 586. The molecule has 0 atom stereocenters. The van der Waals surface area contributed by atoms with Gasteiger partial charge in [-0.15, -0.1) is 0 Å². The fourth-order valence-electron chi connectivity index (χ4n) is 2.88. The number of carbonyl (C=O) groups is 1. The van der Waals surface area contributed by atoms with Gasteiger partial charge in [0.05, 0.1) is 23.8 Å². The Morgan fingerprint density at radius 3 is 2.64 bits per heavy atom. The van der Waals surface area contributed by atoms with E-state index in [1.54, 1.807) is 0 Å². The SMILES string of the molecule is CCO[C@H]1CC[C@H](Nc2nc(NC(C)(C)CO)ncc2C(N)=O)CC1. The first-order chi connectivity index (χ1) is 11.8. The Morgan fingerprint density at radius 1 is 1.40 bits per heavy atom. The summed E-state index contributed by atoms with van der Waals surface area (Å²) in [4.78, 5) is 20.2. The number of hydrogen-bond donors (Lipinski definition) is 4. The van der Waals surface area contributed by atoms with Crippen LogP contribution in [-0.4, -0.2) is 51.9 Å². The van der Waals surface area contributed by atoms with Crippen molar-refractivity contribution in [3.05, 3.63) is 11.8 Å². The van der Waals surface area contributed by atoms with Gasteiger partial charge >= 0.3 is 0 Å². The minimum atomic E-state index is -0.571. The summed E-state index contributed by atoms with van der Waals surface area (Å²) in [5, 5.41) is 15.8. The van der Waals surface area contributed by atoms with E-state index in [9.17, 15) is 9.90 Å². The Hall–Kier alpha value is -1.93. The number of carbonyl (C=O) groups excluding carboxylic acids is 1. The first kappa shape index (κ1) is 19.4. The highest BCUT2D eigenvalue weighted by molar-refractivity contribution is 5.97.